The van der Waals surface area contributed by atoms with E-state index in [9.17, 15) is 0 Å². The average molecular weight is 313 g/mol. The maximum Gasteiger partial charge on any atom is 0.0576 e. The van der Waals surface area contributed by atoms with Crippen LogP contribution in [0.5, 0.6) is 0 Å². The van der Waals surface area contributed by atoms with Crippen molar-refractivity contribution in [3.8, 4) is 10.4 Å². The highest BCUT2D eigenvalue weighted by atomic mass is 35.5. The van der Waals surface area contributed by atoms with E-state index in [0.29, 0.717) is 6.04 Å². The Morgan fingerprint density at radius 1 is 1.45 bits per heavy atom. The van der Waals surface area contributed by atoms with Gasteiger partial charge in [-0.15, -0.1) is 23.7 Å². The number of thiophene rings is 1. The summed E-state index contributed by atoms with van der Waals surface area (Å²) in [5, 5.41) is 7.67. The Morgan fingerprint density at radius 3 is 3.00 bits per heavy atom. The predicted molar refractivity (Wildman–Crippen MR) is 86.5 cm³/mol. The van der Waals surface area contributed by atoms with Crippen molar-refractivity contribution in [1.29, 1.82) is 0 Å². The summed E-state index contributed by atoms with van der Waals surface area (Å²) in [6, 6.07) is 5.09. The van der Waals surface area contributed by atoms with Gasteiger partial charge in [-0.2, -0.15) is 5.10 Å². The van der Waals surface area contributed by atoms with Crippen molar-refractivity contribution in [1.82, 2.24) is 20.0 Å². The molecule has 0 spiro atoms. The Hall–Kier alpha value is -0.880. The largest absolute Gasteiger partial charge is 0.314 e. The highest BCUT2D eigenvalue weighted by molar-refractivity contribution is 7.15. The molecule has 2 aromatic heterocycles. The van der Waals surface area contributed by atoms with Gasteiger partial charge in [-0.05, 0) is 19.1 Å². The first-order valence-electron chi connectivity index (χ1n) is 6.75. The van der Waals surface area contributed by atoms with Crippen molar-refractivity contribution in [2.75, 3.05) is 19.6 Å². The van der Waals surface area contributed by atoms with Gasteiger partial charge < -0.3 is 5.32 Å². The summed E-state index contributed by atoms with van der Waals surface area (Å²) in [4.78, 5) is 5.30. The lowest BCUT2D eigenvalue weighted by molar-refractivity contribution is 0.167. The third-order valence-electron chi connectivity index (χ3n) is 3.65. The fourth-order valence-electron chi connectivity index (χ4n) is 2.48. The molecule has 6 heteroatoms. The molecule has 0 saturated carbocycles. The van der Waals surface area contributed by atoms with Gasteiger partial charge in [-0.1, -0.05) is 0 Å². The lowest BCUT2D eigenvalue weighted by Gasteiger charge is -2.33. The van der Waals surface area contributed by atoms with Crippen LogP contribution in [0.1, 0.15) is 11.8 Å². The normalized spacial score (nSPS) is 19.8. The summed E-state index contributed by atoms with van der Waals surface area (Å²) in [6.45, 7) is 6.70. The Bertz CT molecular complexity index is 551. The van der Waals surface area contributed by atoms with Gasteiger partial charge >= 0.3 is 0 Å². The number of nitrogens with one attached hydrogen (secondary N) is 1. The molecule has 0 amide bonds. The molecule has 0 unspecified atom stereocenters. The molecular formula is C14H21ClN4S. The maximum atomic E-state index is 4.23. The number of aryl methyl sites for hydroxylation is 1. The van der Waals surface area contributed by atoms with Crippen LogP contribution < -0.4 is 5.32 Å². The van der Waals surface area contributed by atoms with Crippen LogP contribution in [0.2, 0.25) is 0 Å². The Balaban J connectivity index is 0.00000147. The van der Waals surface area contributed by atoms with Crippen LogP contribution >= 0.6 is 23.7 Å². The third kappa shape index (κ3) is 3.41. The lowest BCUT2D eigenvalue weighted by atomic mass is 10.2. The molecule has 0 aliphatic carbocycles. The van der Waals surface area contributed by atoms with E-state index in [1.165, 1.54) is 15.3 Å². The number of halogens is 1. The first-order valence-corrected chi connectivity index (χ1v) is 7.56. The van der Waals surface area contributed by atoms with E-state index in [0.717, 1.165) is 26.2 Å². The van der Waals surface area contributed by atoms with Crippen LogP contribution in [0.15, 0.2) is 24.5 Å². The van der Waals surface area contributed by atoms with Crippen molar-refractivity contribution in [3.63, 3.8) is 0 Å². The molecule has 1 saturated heterocycles. The lowest BCUT2D eigenvalue weighted by Crippen LogP contribution is -2.49. The van der Waals surface area contributed by atoms with Gasteiger partial charge in [0.15, 0.2) is 0 Å². The summed E-state index contributed by atoms with van der Waals surface area (Å²) in [6.07, 6.45) is 4.01. The first kappa shape index (κ1) is 15.5. The molecule has 0 radical (unpaired) electrons. The number of piperazine rings is 1. The van der Waals surface area contributed by atoms with Crippen molar-refractivity contribution >= 4 is 23.7 Å². The number of hydrogen-bond acceptors (Lipinski definition) is 4. The van der Waals surface area contributed by atoms with E-state index < -0.39 is 0 Å². The van der Waals surface area contributed by atoms with Gasteiger partial charge in [-0.25, -0.2) is 0 Å². The molecule has 4 nitrogen and oxygen atoms in total. The molecule has 1 aliphatic rings. The predicted octanol–water partition coefficient (Wildman–Crippen LogP) is 2.36. The quantitative estimate of drug-likeness (QED) is 0.944. The van der Waals surface area contributed by atoms with Crippen molar-refractivity contribution in [2.45, 2.75) is 19.5 Å². The number of rotatable bonds is 3. The number of nitrogens with zero attached hydrogens (tertiary/aromatic N) is 3. The SMILES string of the molecule is C[C@@H]1CNCCN1Cc1ccc(-c2cnn(C)c2)s1.Cl. The van der Waals surface area contributed by atoms with Gasteiger partial charge in [0.1, 0.15) is 0 Å². The summed E-state index contributed by atoms with van der Waals surface area (Å²) >= 11 is 1.88. The summed E-state index contributed by atoms with van der Waals surface area (Å²) < 4.78 is 1.85. The van der Waals surface area contributed by atoms with Crippen LogP contribution in [0.3, 0.4) is 0 Å². The Morgan fingerprint density at radius 2 is 2.30 bits per heavy atom. The summed E-state index contributed by atoms with van der Waals surface area (Å²) in [5.74, 6) is 0. The highest BCUT2D eigenvalue weighted by Gasteiger charge is 2.18. The monoisotopic (exact) mass is 312 g/mol. The second-order valence-electron chi connectivity index (χ2n) is 5.19. The Kier molecular flexibility index (Phi) is 5.21. The third-order valence-corrected chi connectivity index (χ3v) is 4.77. The molecular weight excluding hydrogens is 292 g/mol. The van der Waals surface area contributed by atoms with E-state index in [-0.39, 0.29) is 12.4 Å². The molecule has 1 fully saturated rings. The molecule has 3 rings (SSSR count). The molecule has 0 bridgehead atoms. The van der Waals surface area contributed by atoms with E-state index >= 15 is 0 Å². The molecule has 1 aliphatic heterocycles. The zero-order valence-corrected chi connectivity index (χ0v) is 13.5. The molecule has 2 aromatic rings. The molecule has 110 valence electrons. The van der Waals surface area contributed by atoms with Gasteiger partial charge in [0.05, 0.1) is 6.20 Å². The second kappa shape index (κ2) is 6.72. The first-order chi connectivity index (χ1) is 9.22. The molecule has 1 N–H and O–H groups in total. The fraction of sp³-hybridized carbons (Fsp3) is 0.500. The van der Waals surface area contributed by atoms with Crippen LogP contribution in [-0.4, -0.2) is 40.4 Å². The average Bonchev–Trinajstić information content (AvgIpc) is 3.01. The zero-order valence-electron chi connectivity index (χ0n) is 11.9. The van der Waals surface area contributed by atoms with Gasteiger partial charge in [-0.3, -0.25) is 9.58 Å². The second-order valence-corrected chi connectivity index (χ2v) is 6.36. The van der Waals surface area contributed by atoms with Crippen molar-refractivity contribution in [2.24, 2.45) is 7.05 Å². The number of hydrogen-bond donors (Lipinski definition) is 1. The number of aromatic nitrogens is 2. The minimum atomic E-state index is 0. The minimum absolute atomic E-state index is 0. The van der Waals surface area contributed by atoms with E-state index in [1.54, 1.807) is 0 Å². The van der Waals surface area contributed by atoms with Gasteiger partial charge in [0, 0.05) is 60.8 Å². The van der Waals surface area contributed by atoms with E-state index in [2.05, 4.69) is 40.6 Å². The van der Waals surface area contributed by atoms with Crippen LogP contribution in [0.25, 0.3) is 10.4 Å². The highest BCUT2D eigenvalue weighted by Crippen LogP contribution is 2.28. The van der Waals surface area contributed by atoms with Crippen LogP contribution in [0, 0.1) is 0 Å². The van der Waals surface area contributed by atoms with E-state index in [1.807, 2.05) is 29.3 Å². The van der Waals surface area contributed by atoms with Crippen molar-refractivity contribution in [3.05, 3.63) is 29.4 Å². The summed E-state index contributed by atoms with van der Waals surface area (Å²) in [5.41, 5.74) is 1.21. The van der Waals surface area contributed by atoms with Crippen LogP contribution in [0.4, 0.5) is 0 Å². The Labute approximate surface area is 130 Å². The molecule has 1 atom stereocenters. The molecule has 3 heterocycles. The maximum absolute atomic E-state index is 4.23. The van der Waals surface area contributed by atoms with Crippen LogP contribution in [-0.2, 0) is 13.6 Å². The minimum Gasteiger partial charge on any atom is -0.314 e. The standard InChI is InChI=1S/C14H20N4S.ClH/c1-11-7-15-5-6-18(11)10-13-3-4-14(19-13)12-8-16-17(2)9-12;/h3-4,8-9,11,15H,5-7,10H2,1-2H3;1H/t11-;/m1./s1. The zero-order chi connectivity index (χ0) is 13.2. The van der Waals surface area contributed by atoms with Gasteiger partial charge in [0.2, 0.25) is 0 Å². The topological polar surface area (TPSA) is 33.1 Å². The van der Waals surface area contributed by atoms with E-state index in [4.69, 9.17) is 0 Å². The molecule has 0 aromatic carbocycles. The van der Waals surface area contributed by atoms with Gasteiger partial charge in [0.25, 0.3) is 0 Å². The smallest absolute Gasteiger partial charge is 0.0576 e. The molecule has 20 heavy (non-hydrogen) atoms. The van der Waals surface area contributed by atoms with Crippen molar-refractivity contribution < 1.29 is 0 Å². The fourth-order valence-corrected chi connectivity index (χ4v) is 3.49. The summed E-state index contributed by atoms with van der Waals surface area (Å²) in [7, 11) is 1.96.